The maximum absolute atomic E-state index is 13.7. The minimum absolute atomic E-state index is 0.254. The number of hydrogen-bond acceptors (Lipinski definition) is 2. The molecule has 0 saturated carbocycles. The maximum Gasteiger partial charge on any atom is 0.149 e. The second-order valence-electron chi connectivity index (χ2n) is 4.41. The first kappa shape index (κ1) is 11.5. The van der Waals surface area contributed by atoms with Crippen LogP contribution in [0.4, 0.5) is 4.39 Å². The Hall–Kier alpha value is -0.940. The highest BCUT2D eigenvalue weighted by atomic mass is 79.9. The molecule has 0 aliphatic heterocycles. The summed E-state index contributed by atoms with van der Waals surface area (Å²) in [6, 6.07) is 3.03. The van der Waals surface area contributed by atoms with Gasteiger partial charge < -0.3 is 5.11 Å². The molecule has 2 rings (SSSR count). The number of halogens is 2. The van der Waals surface area contributed by atoms with Gasteiger partial charge in [-0.1, -0.05) is 15.9 Å². The van der Waals surface area contributed by atoms with Gasteiger partial charge in [-0.05, 0) is 26.0 Å². The zero-order chi connectivity index (χ0) is 11.9. The Kier molecular flexibility index (Phi) is 2.75. The van der Waals surface area contributed by atoms with Crippen LogP contribution in [0.25, 0.3) is 10.9 Å². The van der Waals surface area contributed by atoms with E-state index in [9.17, 15) is 9.50 Å². The minimum atomic E-state index is -0.923. The van der Waals surface area contributed by atoms with E-state index in [0.717, 1.165) is 4.47 Å². The number of aromatic nitrogens is 2. The van der Waals surface area contributed by atoms with Gasteiger partial charge in [0.1, 0.15) is 11.3 Å². The average Bonchev–Trinajstić information content (AvgIpc) is 2.54. The second-order valence-corrected chi connectivity index (χ2v) is 5.26. The van der Waals surface area contributed by atoms with Gasteiger partial charge >= 0.3 is 0 Å². The maximum atomic E-state index is 13.7. The SMILES string of the molecule is CC(C)(O)Cn1ncc2c(Br)ccc(F)c21. The quantitative estimate of drug-likeness (QED) is 0.922. The fourth-order valence-corrected chi connectivity index (χ4v) is 2.04. The lowest BCUT2D eigenvalue weighted by Gasteiger charge is -2.17. The highest BCUT2D eigenvalue weighted by molar-refractivity contribution is 9.10. The van der Waals surface area contributed by atoms with Crippen molar-refractivity contribution in [1.82, 2.24) is 9.78 Å². The van der Waals surface area contributed by atoms with Gasteiger partial charge in [0.15, 0.2) is 0 Å². The van der Waals surface area contributed by atoms with Crippen LogP contribution in [0.2, 0.25) is 0 Å². The third kappa shape index (κ3) is 2.10. The molecule has 0 aliphatic rings. The van der Waals surface area contributed by atoms with Crippen molar-refractivity contribution >= 4 is 26.8 Å². The van der Waals surface area contributed by atoms with E-state index in [1.807, 2.05) is 0 Å². The van der Waals surface area contributed by atoms with E-state index in [2.05, 4.69) is 21.0 Å². The van der Waals surface area contributed by atoms with E-state index in [4.69, 9.17) is 0 Å². The molecule has 3 nitrogen and oxygen atoms in total. The molecular formula is C11H12BrFN2O. The van der Waals surface area contributed by atoms with Crippen LogP contribution in [0.15, 0.2) is 22.8 Å². The van der Waals surface area contributed by atoms with E-state index in [1.165, 1.54) is 10.7 Å². The van der Waals surface area contributed by atoms with Crippen LogP contribution in [0.5, 0.6) is 0 Å². The summed E-state index contributed by atoms with van der Waals surface area (Å²) >= 11 is 3.34. The zero-order valence-corrected chi connectivity index (χ0v) is 10.6. The summed E-state index contributed by atoms with van der Waals surface area (Å²) in [5.74, 6) is -0.333. The Balaban J connectivity index is 2.60. The van der Waals surface area contributed by atoms with Gasteiger partial charge in [-0.15, -0.1) is 0 Å². The van der Waals surface area contributed by atoms with Crippen molar-refractivity contribution in [3.05, 3.63) is 28.6 Å². The van der Waals surface area contributed by atoms with Crippen LogP contribution in [-0.2, 0) is 6.54 Å². The lowest BCUT2D eigenvalue weighted by atomic mass is 10.1. The minimum Gasteiger partial charge on any atom is -0.389 e. The van der Waals surface area contributed by atoms with Gasteiger partial charge in [0.25, 0.3) is 0 Å². The molecule has 0 bridgehead atoms. The molecule has 2 aromatic rings. The van der Waals surface area contributed by atoms with E-state index in [1.54, 1.807) is 26.1 Å². The molecule has 0 radical (unpaired) electrons. The Morgan fingerprint density at radius 3 is 2.81 bits per heavy atom. The fraction of sp³-hybridized carbons (Fsp3) is 0.364. The molecule has 0 unspecified atom stereocenters. The summed E-state index contributed by atoms with van der Waals surface area (Å²) in [7, 11) is 0. The second kappa shape index (κ2) is 3.82. The molecule has 1 aromatic carbocycles. The van der Waals surface area contributed by atoms with Crippen molar-refractivity contribution in [3.63, 3.8) is 0 Å². The Morgan fingerprint density at radius 1 is 1.50 bits per heavy atom. The Bertz CT molecular complexity index is 530. The molecule has 16 heavy (non-hydrogen) atoms. The summed E-state index contributed by atoms with van der Waals surface area (Å²) in [5.41, 5.74) is -0.509. The van der Waals surface area contributed by atoms with Gasteiger partial charge in [-0.3, -0.25) is 4.68 Å². The standard InChI is InChI=1S/C11H12BrFN2O/c1-11(2,16)6-15-10-7(5-14-15)8(12)3-4-9(10)13/h3-5,16H,6H2,1-2H3. The summed E-state index contributed by atoms with van der Waals surface area (Å²) in [4.78, 5) is 0. The average molecular weight is 287 g/mol. The van der Waals surface area contributed by atoms with Gasteiger partial charge in [0.05, 0.1) is 18.3 Å². The van der Waals surface area contributed by atoms with E-state index in [-0.39, 0.29) is 12.4 Å². The molecule has 0 aliphatic carbocycles. The molecular weight excluding hydrogens is 275 g/mol. The van der Waals surface area contributed by atoms with Crippen molar-refractivity contribution in [3.8, 4) is 0 Å². The van der Waals surface area contributed by atoms with E-state index < -0.39 is 5.60 Å². The number of hydrogen-bond donors (Lipinski definition) is 1. The van der Waals surface area contributed by atoms with Crippen LogP contribution in [0.3, 0.4) is 0 Å². The van der Waals surface area contributed by atoms with Crippen molar-refractivity contribution in [2.45, 2.75) is 26.0 Å². The van der Waals surface area contributed by atoms with Crippen LogP contribution in [0, 0.1) is 5.82 Å². The molecule has 0 amide bonds. The molecule has 5 heteroatoms. The molecule has 1 N–H and O–H groups in total. The summed E-state index contributed by atoms with van der Waals surface area (Å²) < 4.78 is 16.0. The van der Waals surface area contributed by atoms with Gasteiger partial charge in [0, 0.05) is 9.86 Å². The molecule has 0 saturated heterocycles. The number of nitrogens with zero attached hydrogens (tertiary/aromatic N) is 2. The smallest absolute Gasteiger partial charge is 0.149 e. The molecule has 0 fully saturated rings. The number of benzene rings is 1. The van der Waals surface area contributed by atoms with Crippen LogP contribution in [-0.4, -0.2) is 20.5 Å². The van der Waals surface area contributed by atoms with Crippen molar-refractivity contribution in [2.75, 3.05) is 0 Å². The fourth-order valence-electron chi connectivity index (χ4n) is 1.61. The molecule has 1 heterocycles. The molecule has 86 valence electrons. The summed E-state index contributed by atoms with van der Waals surface area (Å²) in [6.07, 6.45) is 1.59. The lowest BCUT2D eigenvalue weighted by Crippen LogP contribution is -2.26. The van der Waals surface area contributed by atoms with Crippen LogP contribution >= 0.6 is 15.9 Å². The summed E-state index contributed by atoms with van der Waals surface area (Å²) in [5, 5.41) is 14.5. The summed E-state index contributed by atoms with van der Waals surface area (Å²) in [6.45, 7) is 3.58. The van der Waals surface area contributed by atoms with Crippen LogP contribution in [0.1, 0.15) is 13.8 Å². The highest BCUT2D eigenvalue weighted by Gasteiger charge is 2.18. The molecule has 0 spiro atoms. The van der Waals surface area contributed by atoms with Gasteiger partial charge in [-0.25, -0.2) is 4.39 Å². The van der Waals surface area contributed by atoms with Crippen molar-refractivity contribution in [1.29, 1.82) is 0 Å². The number of fused-ring (bicyclic) bond motifs is 1. The van der Waals surface area contributed by atoms with Crippen LogP contribution < -0.4 is 0 Å². The molecule has 1 aromatic heterocycles. The van der Waals surface area contributed by atoms with E-state index in [0.29, 0.717) is 10.9 Å². The van der Waals surface area contributed by atoms with Gasteiger partial charge in [-0.2, -0.15) is 5.10 Å². The normalized spacial score (nSPS) is 12.3. The monoisotopic (exact) mass is 286 g/mol. The predicted octanol–water partition coefficient (Wildman–Crippen LogP) is 2.71. The van der Waals surface area contributed by atoms with Crippen molar-refractivity contribution in [2.24, 2.45) is 0 Å². The molecule has 0 atom stereocenters. The first-order chi connectivity index (χ1) is 7.38. The number of aliphatic hydroxyl groups is 1. The largest absolute Gasteiger partial charge is 0.389 e. The van der Waals surface area contributed by atoms with Gasteiger partial charge in [0.2, 0.25) is 0 Å². The topological polar surface area (TPSA) is 38.0 Å². The predicted molar refractivity (Wildman–Crippen MR) is 63.7 cm³/mol. The number of rotatable bonds is 2. The van der Waals surface area contributed by atoms with Crippen molar-refractivity contribution < 1.29 is 9.50 Å². The van der Waals surface area contributed by atoms with E-state index >= 15 is 0 Å². The first-order valence-electron chi connectivity index (χ1n) is 4.90. The zero-order valence-electron chi connectivity index (χ0n) is 9.04. The highest BCUT2D eigenvalue weighted by Crippen LogP contribution is 2.26. The Morgan fingerprint density at radius 2 is 2.19 bits per heavy atom. The third-order valence-electron chi connectivity index (χ3n) is 2.24. The first-order valence-corrected chi connectivity index (χ1v) is 5.70. The third-order valence-corrected chi connectivity index (χ3v) is 2.93. The lowest BCUT2D eigenvalue weighted by molar-refractivity contribution is 0.0590. The Labute approximate surface area is 101 Å².